The fourth-order valence-corrected chi connectivity index (χ4v) is 3.89. The predicted octanol–water partition coefficient (Wildman–Crippen LogP) is 2.60. The molecule has 4 aromatic rings. The molecule has 0 radical (unpaired) electrons. The zero-order valence-corrected chi connectivity index (χ0v) is 14.9. The molecule has 5 rings (SSSR count). The second-order valence-electron chi connectivity index (χ2n) is 6.95. The van der Waals surface area contributed by atoms with Gasteiger partial charge in [-0.25, -0.2) is 4.79 Å². The monoisotopic (exact) mass is 372 g/mol. The van der Waals surface area contributed by atoms with Crippen LogP contribution in [0.25, 0.3) is 22.3 Å². The van der Waals surface area contributed by atoms with Gasteiger partial charge in [0.2, 0.25) is 5.91 Å². The largest absolute Gasteiger partial charge is 0.340 e. The van der Waals surface area contributed by atoms with Crippen LogP contribution in [-0.2, 0) is 4.79 Å². The third-order valence-electron chi connectivity index (χ3n) is 5.15. The topological polar surface area (TPSA) is 111 Å². The summed E-state index contributed by atoms with van der Waals surface area (Å²) in [4.78, 5) is 45.4. The smallest absolute Gasteiger partial charge is 0.327 e. The number of para-hydroxylation sites is 1. The highest BCUT2D eigenvalue weighted by Crippen LogP contribution is 2.43. The summed E-state index contributed by atoms with van der Waals surface area (Å²) in [5.41, 5.74) is 3.81. The van der Waals surface area contributed by atoms with Gasteiger partial charge in [-0.2, -0.15) is 0 Å². The van der Waals surface area contributed by atoms with E-state index in [1.807, 2.05) is 55.5 Å². The van der Waals surface area contributed by atoms with E-state index in [9.17, 15) is 14.4 Å². The van der Waals surface area contributed by atoms with E-state index in [0.29, 0.717) is 16.9 Å². The summed E-state index contributed by atoms with van der Waals surface area (Å²) in [7, 11) is 0. The minimum Gasteiger partial charge on any atom is -0.340 e. The van der Waals surface area contributed by atoms with Crippen molar-refractivity contribution < 1.29 is 4.79 Å². The van der Waals surface area contributed by atoms with Crippen molar-refractivity contribution in [2.45, 2.75) is 12.8 Å². The Kier molecular flexibility index (Phi) is 3.39. The zero-order valence-electron chi connectivity index (χ0n) is 14.9. The van der Waals surface area contributed by atoms with Crippen LogP contribution in [0.3, 0.4) is 0 Å². The highest BCUT2D eigenvalue weighted by atomic mass is 16.2. The molecule has 7 heteroatoms. The molecule has 0 aliphatic carbocycles. The lowest BCUT2D eigenvalue weighted by atomic mass is 9.89. The lowest BCUT2D eigenvalue weighted by molar-refractivity contribution is -0.116. The van der Waals surface area contributed by atoms with E-state index in [2.05, 4.69) is 20.3 Å². The Labute approximate surface area is 158 Å². The van der Waals surface area contributed by atoms with Gasteiger partial charge in [0.25, 0.3) is 5.56 Å². The number of hydrogen-bond donors (Lipinski definition) is 4. The van der Waals surface area contributed by atoms with Crippen molar-refractivity contribution in [3.05, 3.63) is 86.1 Å². The van der Waals surface area contributed by atoms with Crippen LogP contribution in [0.5, 0.6) is 0 Å². The Bertz CT molecular complexity index is 1360. The molecule has 2 aromatic carbocycles. The van der Waals surface area contributed by atoms with Crippen molar-refractivity contribution in [2.75, 3.05) is 5.32 Å². The summed E-state index contributed by atoms with van der Waals surface area (Å²) in [6.07, 6.45) is 0. The maximum atomic E-state index is 12.9. The van der Waals surface area contributed by atoms with Gasteiger partial charge < -0.3 is 10.3 Å². The van der Waals surface area contributed by atoms with E-state index in [-0.39, 0.29) is 11.3 Å². The van der Waals surface area contributed by atoms with E-state index in [4.69, 9.17) is 0 Å². The normalized spacial score (nSPS) is 15.6. The number of fused-ring (bicyclic) bond motifs is 2. The average Bonchev–Trinajstić information content (AvgIpc) is 3.19. The number of aromatic nitrogens is 3. The molecule has 138 valence electrons. The molecule has 0 unspecified atom stereocenters. The molecule has 1 atom stereocenters. The molecule has 2 aromatic heterocycles. The molecule has 3 heterocycles. The van der Waals surface area contributed by atoms with E-state index < -0.39 is 17.2 Å². The summed E-state index contributed by atoms with van der Waals surface area (Å²) in [5.74, 6) is -0.866. The van der Waals surface area contributed by atoms with Crippen molar-refractivity contribution in [3.8, 4) is 11.3 Å². The number of rotatable bonds is 2. The van der Waals surface area contributed by atoms with E-state index in [1.54, 1.807) is 0 Å². The summed E-state index contributed by atoms with van der Waals surface area (Å²) in [5, 5.41) is 3.17. The standard InChI is InChI=1S/C21H16N4O3/c1-10-6-8-11(9-7-10)17-15(16-18(23-17)24-21(28)25-20(16)27)14-12-4-2-3-5-13(12)22-19(14)26/h2-9,14H,1H3,(H,22,26)(H3,23,24,25,27,28)/t14-/m1/s1. The van der Waals surface area contributed by atoms with Gasteiger partial charge >= 0.3 is 5.69 Å². The van der Waals surface area contributed by atoms with Crippen molar-refractivity contribution in [3.63, 3.8) is 0 Å². The van der Waals surface area contributed by atoms with Crippen LogP contribution in [0.4, 0.5) is 5.69 Å². The average molecular weight is 372 g/mol. The number of carbonyl (C=O) groups is 1. The number of anilines is 1. The molecular formula is C21H16N4O3. The maximum Gasteiger partial charge on any atom is 0.327 e. The number of H-pyrrole nitrogens is 3. The third kappa shape index (κ3) is 2.33. The first-order valence-electron chi connectivity index (χ1n) is 8.88. The zero-order chi connectivity index (χ0) is 19.4. The van der Waals surface area contributed by atoms with Crippen LogP contribution in [0.15, 0.2) is 58.1 Å². The molecular weight excluding hydrogens is 356 g/mol. The van der Waals surface area contributed by atoms with E-state index in [1.165, 1.54) is 0 Å². The van der Waals surface area contributed by atoms with Gasteiger partial charge in [-0.05, 0) is 24.1 Å². The number of hydrogen-bond acceptors (Lipinski definition) is 3. The van der Waals surface area contributed by atoms with E-state index in [0.717, 1.165) is 22.4 Å². The van der Waals surface area contributed by atoms with Crippen LogP contribution >= 0.6 is 0 Å². The van der Waals surface area contributed by atoms with Crippen LogP contribution in [0.2, 0.25) is 0 Å². The van der Waals surface area contributed by atoms with E-state index >= 15 is 0 Å². The van der Waals surface area contributed by atoms with Crippen molar-refractivity contribution >= 4 is 22.6 Å². The second-order valence-corrected chi connectivity index (χ2v) is 6.95. The molecule has 0 spiro atoms. The maximum absolute atomic E-state index is 12.9. The lowest BCUT2D eigenvalue weighted by Gasteiger charge is -2.11. The molecule has 0 saturated heterocycles. The fraction of sp³-hybridized carbons (Fsp3) is 0.0952. The minimum atomic E-state index is -0.659. The number of nitrogens with one attached hydrogen (secondary N) is 4. The molecule has 1 aliphatic rings. The number of aromatic amines is 3. The molecule has 1 aliphatic heterocycles. The highest BCUT2D eigenvalue weighted by molar-refractivity contribution is 6.08. The third-order valence-corrected chi connectivity index (χ3v) is 5.15. The van der Waals surface area contributed by atoms with Gasteiger partial charge in [-0.3, -0.25) is 19.6 Å². The fourth-order valence-electron chi connectivity index (χ4n) is 3.89. The van der Waals surface area contributed by atoms with Gasteiger partial charge in [0, 0.05) is 11.3 Å². The Morgan fingerprint density at radius 3 is 2.39 bits per heavy atom. The number of benzene rings is 2. The SMILES string of the molecule is Cc1ccc(-c2[nH]c3[nH]c(=O)[nH]c(=O)c3c2[C@@H]2C(=O)Nc3ccccc32)cc1. The van der Waals surface area contributed by atoms with Crippen molar-refractivity contribution in [1.29, 1.82) is 0 Å². The number of carbonyl (C=O) groups excluding carboxylic acids is 1. The first-order valence-corrected chi connectivity index (χ1v) is 8.88. The highest BCUT2D eigenvalue weighted by Gasteiger charge is 2.36. The number of aryl methyl sites for hydroxylation is 1. The van der Waals surface area contributed by atoms with Gasteiger partial charge in [0.05, 0.1) is 17.0 Å². The predicted molar refractivity (Wildman–Crippen MR) is 107 cm³/mol. The first-order chi connectivity index (χ1) is 13.5. The van der Waals surface area contributed by atoms with Gasteiger partial charge in [0.15, 0.2) is 0 Å². The van der Waals surface area contributed by atoms with Crippen molar-refractivity contribution in [1.82, 2.24) is 15.0 Å². The molecule has 0 bridgehead atoms. The quantitative estimate of drug-likeness (QED) is 0.434. The van der Waals surface area contributed by atoms with Crippen LogP contribution in [-0.4, -0.2) is 20.9 Å². The summed E-state index contributed by atoms with van der Waals surface area (Å²) < 4.78 is 0. The molecule has 4 N–H and O–H groups in total. The Balaban J connectivity index is 1.88. The lowest BCUT2D eigenvalue weighted by Crippen LogP contribution is -2.23. The Morgan fingerprint density at radius 2 is 1.61 bits per heavy atom. The molecule has 1 amide bonds. The Hall–Kier alpha value is -3.87. The first kappa shape index (κ1) is 16.3. The van der Waals surface area contributed by atoms with Crippen LogP contribution < -0.4 is 16.6 Å². The van der Waals surface area contributed by atoms with Crippen LogP contribution in [0, 0.1) is 6.92 Å². The molecule has 28 heavy (non-hydrogen) atoms. The second kappa shape index (κ2) is 5.82. The van der Waals surface area contributed by atoms with Crippen LogP contribution in [0.1, 0.15) is 22.6 Å². The van der Waals surface area contributed by atoms with Gasteiger partial charge in [0.1, 0.15) is 5.65 Å². The summed E-state index contributed by atoms with van der Waals surface area (Å²) in [6.45, 7) is 1.98. The summed E-state index contributed by atoms with van der Waals surface area (Å²) in [6, 6.07) is 15.2. The Morgan fingerprint density at radius 1 is 0.857 bits per heavy atom. The number of amides is 1. The molecule has 0 saturated carbocycles. The van der Waals surface area contributed by atoms with Gasteiger partial charge in [-0.15, -0.1) is 0 Å². The molecule has 0 fully saturated rings. The van der Waals surface area contributed by atoms with Gasteiger partial charge in [-0.1, -0.05) is 48.0 Å². The van der Waals surface area contributed by atoms with Crippen molar-refractivity contribution in [2.24, 2.45) is 0 Å². The minimum absolute atomic E-state index is 0.207. The summed E-state index contributed by atoms with van der Waals surface area (Å²) >= 11 is 0. The molecule has 7 nitrogen and oxygen atoms in total.